The number of hydrogen-bond donors (Lipinski definition) is 8. The van der Waals surface area contributed by atoms with Gasteiger partial charge < -0.3 is 78.7 Å². The smallest absolute Gasteiger partial charge is 0.331 e. The maximum Gasteiger partial charge on any atom is 0.331 e. The summed E-state index contributed by atoms with van der Waals surface area (Å²) in [5, 5.41) is 85.7. The predicted octanol–water partition coefficient (Wildman–Crippen LogP) is -0.212. The van der Waals surface area contributed by atoms with E-state index in [0.29, 0.717) is 18.4 Å². The normalized spacial score (nSPS) is 53.9. The van der Waals surface area contributed by atoms with E-state index in [2.05, 4.69) is 13.8 Å². The van der Waals surface area contributed by atoms with Gasteiger partial charge in [-0.3, -0.25) is 0 Å². The second-order valence-electron chi connectivity index (χ2n) is 19.3. The van der Waals surface area contributed by atoms with Crippen molar-refractivity contribution >= 4 is 5.97 Å². The highest BCUT2D eigenvalue weighted by atomic mass is 16.7. The van der Waals surface area contributed by atoms with Crippen LogP contribution in [0.3, 0.4) is 0 Å². The van der Waals surface area contributed by atoms with Crippen molar-refractivity contribution in [2.75, 3.05) is 26.9 Å². The van der Waals surface area contributed by atoms with Gasteiger partial charge in [-0.25, -0.2) is 4.79 Å². The first-order valence-electron chi connectivity index (χ1n) is 21.7. The zero-order valence-corrected chi connectivity index (χ0v) is 34.5. The molecule has 0 spiro atoms. The zero-order valence-electron chi connectivity index (χ0n) is 34.5. The highest BCUT2D eigenvalue weighted by molar-refractivity contribution is 5.85. The first kappa shape index (κ1) is 44.2. The Hall–Kier alpha value is -1.39. The molecule has 336 valence electrons. The number of aliphatic hydroxyl groups is 8. The summed E-state index contributed by atoms with van der Waals surface area (Å²) in [5.41, 5.74) is -0.0130. The Morgan fingerprint density at radius 1 is 0.780 bits per heavy atom. The molecule has 8 aliphatic rings. The molecule has 8 N–H and O–H groups in total. The van der Waals surface area contributed by atoms with Gasteiger partial charge in [-0.05, 0) is 99.4 Å². The second kappa shape index (κ2) is 17.0. The predicted molar refractivity (Wildman–Crippen MR) is 202 cm³/mol. The lowest BCUT2D eigenvalue weighted by Crippen LogP contribution is -2.63. The molecule has 59 heavy (non-hydrogen) atoms. The molecule has 8 rings (SSSR count). The highest BCUT2D eigenvalue weighted by Crippen LogP contribution is 2.70. The molecule has 0 amide bonds. The molecule has 22 unspecified atom stereocenters. The van der Waals surface area contributed by atoms with E-state index in [-0.39, 0.29) is 41.2 Å². The summed E-state index contributed by atoms with van der Waals surface area (Å²) in [5.74, 6) is 0.822. The fraction of sp³-hybridized carbons (Fsp3) is 0.929. The number of fused-ring (bicyclic) bond motifs is 5. The van der Waals surface area contributed by atoms with E-state index in [0.717, 1.165) is 63.4 Å². The standard InChI is InChI=1S/C42H66O17/c1-19-36(59-30-15-26(44)31(46)28(57-30)18-54-38-34(49)33(48)32(47)27(16-43)58-38)37(52-4)35(50)39(55-19)56-22-7-10-40(2)21(14-22)5-6-25-24(40)8-11-41(3)23(9-12-42(25,41)51)20-13-29(45)53-17-20/h13,19,21-28,30-39,43-44,46-51H,5-12,14-18H2,1-4H3. The van der Waals surface area contributed by atoms with E-state index in [9.17, 15) is 45.6 Å². The number of methoxy groups -OCH3 is 1. The number of carbonyl (C=O) groups is 1. The fourth-order valence-corrected chi connectivity index (χ4v) is 13.0. The van der Waals surface area contributed by atoms with Gasteiger partial charge in [0.15, 0.2) is 18.9 Å². The molecule has 0 bridgehead atoms. The zero-order chi connectivity index (χ0) is 42.2. The Labute approximate surface area is 344 Å². The molecule has 17 heteroatoms. The Kier molecular flexibility index (Phi) is 12.7. The van der Waals surface area contributed by atoms with Crippen molar-refractivity contribution in [3.63, 3.8) is 0 Å². The number of esters is 1. The van der Waals surface area contributed by atoms with E-state index >= 15 is 0 Å². The molecule has 0 aromatic carbocycles. The molecule has 17 nitrogen and oxygen atoms in total. The maximum absolute atomic E-state index is 12.6. The van der Waals surface area contributed by atoms with Crippen LogP contribution in [-0.2, 0) is 42.7 Å². The first-order chi connectivity index (χ1) is 28.0. The van der Waals surface area contributed by atoms with Gasteiger partial charge >= 0.3 is 5.97 Å². The van der Waals surface area contributed by atoms with Gasteiger partial charge in [0.05, 0.1) is 37.1 Å². The lowest BCUT2D eigenvalue weighted by Gasteiger charge is -2.64. The maximum atomic E-state index is 12.6. The summed E-state index contributed by atoms with van der Waals surface area (Å²) in [6.07, 6.45) is -7.79. The third kappa shape index (κ3) is 7.64. The Morgan fingerprint density at radius 3 is 2.27 bits per heavy atom. The monoisotopic (exact) mass is 842 g/mol. The van der Waals surface area contributed by atoms with Crippen molar-refractivity contribution in [3.05, 3.63) is 11.6 Å². The van der Waals surface area contributed by atoms with Crippen LogP contribution in [0.1, 0.15) is 85.0 Å². The van der Waals surface area contributed by atoms with Gasteiger partial charge in [0, 0.05) is 25.0 Å². The molecule has 4 aliphatic carbocycles. The topological polar surface area (TPSA) is 253 Å². The molecule has 4 saturated carbocycles. The quantitative estimate of drug-likeness (QED) is 0.105. The Morgan fingerprint density at radius 2 is 1.56 bits per heavy atom. The average molecular weight is 843 g/mol. The molecule has 0 aromatic heterocycles. The summed E-state index contributed by atoms with van der Waals surface area (Å²) in [7, 11) is 1.45. The number of rotatable bonds is 10. The van der Waals surface area contributed by atoms with Crippen molar-refractivity contribution in [2.45, 2.75) is 183 Å². The highest BCUT2D eigenvalue weighted by Gasteiger charge is 2.68. The Balaban J connectivity index is 0.863. The lowest BCUT2D eigenvalue weighted by molar-refractivity contribution is -0.352. The van der Waals surface area contributed by atoms with Gasteiger partial charge in [-0.2, -0.15) is 0 Å². The van der Waals surface area contributed by atoms with Gasteiger partial charge in [-0.1, -0.05) is 13.8 Å². The van der Waals surface area contributed by atoms with Crippen molar-refractivity contribution in [1.29, 1.82) is 0 Å². The minimum absolute atomic E-state index is 0.0346. The number of aliphatic hydroxyl groups excluding tert-OH is 7. The van der Waals surface area contributed by atoms with Gasteiger partial charge in [0.1, 0.15) is 61.5 Å². The summed E-state index contributed by atoms with van der Waals surface area (Å²) in [6.45, 7) is 5.70. The molecule has 0 radical (unpaired) electrons. The molecular formula is C42H66O17. The third-order valence-electron chi connectivity index (χ3n) is 16.4. The van der Waals surface area contributed by atoms with Crippen molar-refractivity contribution in [3.8, 4) is 0 Å². The van der Waals surface area contributed by atoms with Crippen LogP contribution in [0.5, 0.6) is 0 Å². The molecule has 0 aromatic rings. The van der Waals surface area contributed by atoms with E-state index in [1.807, 2.05) is 0 Å². The van der Waals surface area contributed by atoms with Gasteiger partial charge in [0.25, 0.3) is 0 Å². The van der Waals surface area contributed by atoms with Crippen molar-refractivity contribution in [1.82, 2.24) is 0 Å². The molecule has 4 aliphatic heterocycles. The fourth-order valence-electron chi connectivity index (χ4n) is 13.0. The van der Waals surface area contributed by atoms with E-state index < -0.39 is 105 Å². The SMILES string of the molecule is COC1C(O)C(OC2CCC3(C)C(CCC4C3CCC3(C)C(C5=CC(=O)OC5)CCC43O)C2)OC(C)C1OC1CC(O)C(O)C(COC2OC(CO)C(O)C(O)C2O)O1. The minimum atomic E-state index is -1.66. The second-order valence-corrected chi connectivity index (χ2v) is 19.3. The molecule has 3 saturated heterocycles. The summed E-state index contributed by atoms with van der Waals surface area (Å²) >= 11 is 0. The summed E-state index contributed by atoms with van der Waals surface area (Å²) < 4.78 is 47.1. The van der Waals surface area contributed by atoms with E-state index in [4.69, 9.17) is 37.9 Å². The van der Waals surface area contributed by atoms with Crippen LogP contribution in [0.15, 0.2) is 11.6 Å². The first-order valence-corrected chi connectivity index (χ1v) is 21.7. The third-order valence-corrected chi connectivity index (χ3v) is 16.4. The van der Waals surface area contributed by atoms with Crippen LogP contribution in [0.4, 0.5) is 0 Å². The largest absolute Gasteiger partial charge is 0.458 e. The summed E-state index contributed by atoms with van der Waals surface area (Å²) in [4.78, 5) is 12.0. The van der Waals surface area contributed by atoms with E-state index in [1.54, 1.807) is 13.0 Å². The van der Waals surface area contributed by atoms with Crippen LogP contribution in [-0.4, -0.2) is 171 Å². The summed E-state index contributed by atoms with van der Waals surface area (Å²) in [6, 6.07) is 0. The van der Waals surface area contributed by atoms with Crippen LogP contribution < -0.4 is 0 Å². The van der Waals surface area contributed by atoms with Crippen molar-refractivity contribution in [2.24, 2.45) is 34.5 Å². The van der Waals surface area contributed by atoms with Crippen LogP contribution in [0.2, 0.25) is 0 Å². The average Bonchev–Trinajstić information content (AvgIpc) is 3.76. The van der Waals surface area contributed by atoms with E-state index in [1.165, 1.54) is 7.11 Å². The van der Waals surface area contributed by atoms with Crippen molar-refractivity contribution < 1.29 is 83.5 Å². The molecular weight excluding hydrogens is 776 g/mol. The molecule has 22 atom stereocenters. The van der Waals surface area contributed by atoms with Crippen LogP contribution in [0.25, 0.3) is 0 Å². The number of hydrogen-bond acceptors (Lipinski definition) is 17. The van der Waals surface area contributed by atoms with Crippen LogP contribution in [0, 0.1) is 34.5 Å². The Bertz CT molecular complexity index is 1530. The number of ether oxygens (including phenoxy) is 8. The minimum Gasteiger partial charge on any atom is -0.458 e. The number of cyclic esters (lactones) is 1. The van der Waals surface area contributed by atoms with Gasteiger partial charge in [-0.15, -0.1) is 0 Å². The van der Waals surface area contributed by atoms with Crippen LogP contribution >= 0.6 is 0 Å². The number of carbonyl (C=O) groups excluding carboxylic acids is 1. The van der Waals surface area contributed by atoms with Gasteiger partial charge in [0.2, 0.25) is 0 Å². The molecule has 7 fully saturated rings. The lowest BCUT2D eigenvalue weighted by atomic mass is 9.43. The molecule has 4 heterocycles.